The monoisotopic (exact) mass is 1270 g/mol. The average molecular weight is 1270 g/mol. The summed E-state index contributed by atoms with van der Waals surface area (Å²) >= 11 is 0. The second-order valence-corrected chi connectivity index (χ2v) is 25.3. The molecule has 2 heterocycles. The van der Waals surface area contributed by atoms with E-state index in [-0.39, 0.29) is 18.9 Å². The molecule has 2 rings (SSSR count). The molecular weight excluding hydrogens is 1130 g/mol. The predicted octanol–water partition coefficient (Wildman–Crippen LogP) is 15.3. The molecule has 1 amide bonds. The number of rotatable bonds is 59. The van der Waals surface area contributed by atoms with Gasteiger partial charge in [-0.05, 0) is 83.5 Å². The lowest BCUT2D eigenvalue weighted by molar-refractivity contribution is -0.359. The standard InChI is InChI=1S/C76H133NO13/c1-3-5-7-9-11-13-15-17-19-21-23-25-26-27-28-29-30-31-32-33-34-35-36-37-38-40-42-44-46-48-50-52-54-56-58-60-68(81)77-64(65(80)59-57-55-53-51-49-47-45-43-41-39-24-22-20-18-16-14-12-10-8-6-4-2)63-87-75-73(86)71(84)74(67(62-79)89-75)90-76-72(85)70(83)69(82)66(61-78)88-76/h5,7,11,13,17,19,23,25,27-28,30-31,49,51,57,59,64-67,69-76,78-80,82-86H,3-4,6,8-10,12,14-16,18,20-22,24,26,29,32-48,50,52-56,58,60-63H2,1-2H3,(H,77,81)/b7-5-,13-11-,19-17-,25-23-,28-27-,31-30-,51-49+,59-57+. The highest BCUT2D eigenvalue weighted by Gasteiger charge is 2.51. The first-order valence-corrected chi connectivity index (χ1v) is 36.5. The number of aliphatic hydroxyl groups excluding tert-OH is 8. The zero-order valence-corrected chi connectivity index (χ0v) is 56.6. The minimum absolute atomic E-state index is 0.249. The molecule has 520 valence electrons. The van der Waals surface area contributed by atoms with Crippen LogP contribution in [0.15, 0.2) is 97.2 Å². The summed E-state index contributed by atoms with van der Waals surface area (Å²) in [5.74, 6) is -0.249. The second-order valence-electron chi connectivity index (χ2n) is 25.3. The van der Waals surface area contributed by atoms with Crippen LogP contribution in [0.2, 0.25) is 0 Å². The fourth-order valence-corrected chi connectivity index (χ4v) is 11.5. The van der Waals surface area contributed by atoms with Crippen LogP contribution >= 0.6 is 0 Å². The molecule has 2 aliphatic heterocycles. The van der Waals surface area contributed by atoms with Crippen molar-refractivity contribution in [1.82, 2.24) is 5.32 Å². The third-order valence-corrected chi connectivity index (χ3v) is 17.3. The maximum atomic E-state index is 13.3. The van der Waals surface area contributed by atoms with Gasteiger partial charge in [-0.2, -0.15) is 0 Å². The van der Waals surface area contributed by atoms with E-state index in [9.17, 15) is 45.6 Å². The third-order valence-electron chi connectivity index (χ3n) is 17.3. The zero-order valence-electron chi connectivity index (χ0n) is 56.6. The molecule has 2 saturated heterocycles. The van der Waals surface area contributed by atoms with Crippen molar-refractivity contribution in [3.05, 3.63) is 97.2 Å². The van der Waals surface area contributed by atoms with Crippen molar-refractivity contribution in [2.24, 2.45) is 0 Å². The average Bonchev–Trinajstić information content (AvgIpc) is 1.28. The predicted molar refractivity (Wildman–Crippen MR) is 369 cm³/mol. The van der Waals surface area contributed by atoms with E-state index < -0.39 is 86.8 Å². The lowest BCUT2D eigenvalue weighted by Gasteiger charge is -2.46. The highest BCUT2D eigenvalue weighted by molar-refractivity contribution is 5.76. The van der Waals surface area contributed by atoms with Gasteiger partial charge >= 0.3 is 0 Å². The van der Waals surface area contributed by atoms with Gasteiger partial charge in [0.05, 0.1) is 32.0 Å². The van der Waals surface area contributed by atoms with Crippen molar-refractivity contribution in [2.75, 3.05) is 19.8 Å². The Balaban J connectivity index is 1.65. The summed E-state index contributed by atoms with van der Waals surface area (Å²) in [4.78, 5) is 13.3. The highest BCUT2D eigenvalue weighted by Crippen LogP contribution is 2.30. The number of ether oxygens (including phenoxy) is 4. The van der Waals surface area contributed by atoms with Crippen LogP contribution in [0.25, 0.3) is 0 Å². The highest BCUT2D eigenvalue weighted by atomic mass is 16.7. The van der Waals surface area contributed by atoms with Gasteiger partial charge in [0.2, 0.25) is 5.91 Å². The van der Waals surface area contributed by atoms with E-state index in [0.717, 1.165) is 70.6 Å². The molecule has 0 aliphatic carbocycles. The van der Waals surface area contributed by atoms with Gasteiger partial charge in [0, 0.05) is 6.42 Å². The molecular formula is C76H133NO13. The minimum Gasteiger partial charge on any atom is -0.394 e. The van der Waals surface area contributed by atoms with E-state index in [0.29, 0.717) is 12.8 Å². The van der Waals surface area contributed by atoms with Gasteiger partial charge < -0.3 is 65.1 Å². The summed E-state index contributed by atoms with van der Waals surface area (Å²) in [5, 5.41) is 87.5. The van der Waals surface area contributed by atoms with E-state index in [1.54, 1.807) is 6.08 Å². The Morgan fingerprint density at radius 1 is 0.411 bits per heavy atom. The third kappa shape index (κ3) is 43.0. The summed E-state index contributed by atoms with van der Waals surface area (Å²) in [6.45, 7) is 2.69. The number of nitrogens with one attached hydrogen (secondary N) is 1. The molecule has 0 saturated carbocycles. The van der Waals surface area contributed by atoms with E-state index in [1.165, 1.54) is 180 Å². The Kier molecular flexibility index (Phi) is 55.0. The lowest BCUT2D eigenvalue weighted by Crippen LogP contribution is -2.65. The summed E-state index contributed by atoms with van der Waals surface area (Å²) in [6.07, 6.45) is 67.5. The number of carbonyl (C=O) groups is 1. The van der Waals surface area contributed by atoms with Crippen molar-refractivity contribution in [3.63, 3.8) is 0 Å². The number of aliphatic hydroxyl groups is 8. The fraction of sp³-hybridized carbons (Fsp3) is 0.776. The van der Waals surface area contributed by atoms with Crippen molar-refractivity contribution in [3.8, 4) is 0 Å². The smallest absolute Gasteiger partial charge is 0.220 e. The molecule has 9 N–H and O–H groups in total. The van der Waals surface area contributed by atoms with Crippen molar-refractivity contribution >= 4 is 5.91 Å². The van der Waals surface area contributed by atoms with Crippen LogP contribution in [-0.4, -0.2) is 140 Å². The van der Waals surface area contributed by atoms with Crippen LogP contribution < -0.4 is 5.32 Å². The van der Waals surface area contributed by atoms with E-state index >= 15 is 0 Å². The van der Waals surface area contributed by atoms with Crippen molar-refractivity contribution in [2.45, 2.75) is 357 Å². The van der Waals surface area contributed by atoms with Crippen molar-refractivity contribution in [1.29, 1.82) is 0 Å². The van der Waals surface area contributed by atoms with Crippen LogP contribution in [0.4, 0.5) is 0 Å². The number of allylic oxidation sites excluding steroid dienone is 15. The number of carbonyl (C=O) groups excluding carboxylic acids is 1. The van der Waals surface area contributed by atoms with E-state index in [2.05, 4.69) is 104 Å². The maximum Gasteiger partial charge on any atom is 0.220 e. The summed E-state index contributed by atoms with van der Waals surface area (Å²) < 4.78 is 22.8. The first-order chi connectivity index (χ1) is 44.1. The molecule has 14 nitrogen and oxygen atoms in total. The fourth-order valence-electron chi connectivity index (χ4n) is 11.5. The number of hydrogen-bond donors (Lipinski definition) is 9. The number of hydrogen-bond acceptors (Lipinski definition) is 13. The van der Waals surface area contributed by atoms with Gasteiger partial charge in [0.25, 0.3) is 0 Å². The van der Waals surface area contributed by atoms with Gasteiger partial charge in [-0.25, -0.2) is 0 Å². The van der Waals surface area contributed by atoms with Gasteiger partial charge in [-0.15, -0.1) is 0 Å². The van der Waals surface area contributed by atoms with Crippen LogP contribution in [0.3, 0.4) is 0 Å². The molecule has 0 spiro atoms. The van der Waals surface area contributed by atoms with Crippen molar-refractivity contribution < 1.29 is 64.6 Å². The molecule has 0 bridgehead atoms. The Hall–Kier alpha value is -3.09. The van der Waals surface area contributed by atoms with Crippen LogP contribution in [0.1, 0.15) is 284 Å². The topological polar surface area (TPSA) is 228 Å². The van der Waals surface area contributed by atoms with Crippen LogP contribution in [0.5, 0.6) is 0 Å². The van der Waals surface area contributed by atoms with Crippen LogP contribution in [0, 0.1) is 0 Å². The van der Waals surface area contributed by atoms with Gasteiger partial charge in [-0.3, -0.25) is 4.79 Å². The molecule has 12 unspecified atom stereocenters. The molecule has 12 atom stereocenters. The van der Waals surface area contributed by atoms with E-state index in [1.807, 2.05) is 6.08 Å². The Morgan fingerprint density at radius 2 is 0.778 bits per heavy atom. The van der Waals surface area contributed by atoms with Gasteiger partial charge in [0.15, 0.2) is 12.6 Å². The molecule has 0 aromatic carbocycles. The SMILES string of the molecule is CC/C=C\C/C=C\C/C=C\C/C=C\C/C=C\C/C=C\CCCCCCCCCCCCCCCCCCC(=O)NC(COC1OC(CO)C(OC2OC(CO)C(O)C(O)C2O)C(O)C1O)C(O)/C=C/CC/C=C/CCCCCCCCCCCCCCCCC. The quantitative estimate of drug-likeness (QED) is 0.0204. The maximum absolute atomic E-state index is 13.3. The first-order valence-electron chi connectivity index (χ1n) is 36.5. The first kappa shape index (κ1) is 83.0. The number of amides is 1. The van der Waals surface area contributed by atoms with Gasteiger partial charge in [-0.1, -0.05) is 291 Å². The molecule has 0 aromatic rings. The number of unbranched alkanes of at least 4 members (excludes halogenated alkanes) is 32. The summed E-state index contributed by atoms with van der Waals surface area (Å²) in [6, 6.07) is -0.937. The minimum atomic E-state index is -1.79. The normalized spacial score (nSPS) is 23.5. The van der Waals surface area contributed by atoms with Crippen LogP contribution in [-0.2, 0) is 23.7 Å². The molecule has 0 radical (unpaired) electrons. The summed E-state index contributed by atoms with van der Waals surface area (Å²) in [7, 11) is 0. The van der Waals surface area contributed by atoms with E-state index in [4.69, 9.17) is 18.9 Å². The second kappa shape index (κ2) is 59.6. The molecule has 90 heavy (non-hydrogen) atoms. The zero-order chi connectivity index (χ0) is 65.2. The molecule has 14 heteroatoms. The largest absolute Gasteiger partial charge is 0.394 e. The van der Waals surface area contributed by atoms with Gasteiger partial charge in [0.1, 0.15) is 48.8 Å². The Morgan fingerprint density at radius 3 is 1.22 bits per heavy atom. The summed E-state index contributed by atoms with van der Waals surface area (Å²) in [5.41, 5.74) is 0. The molecule has 2 fully saturated rings. The molecule has 0 aromatic heterocycles. The molecule has 2 aliphatic rings. The Labute approximate surface area is 547 Å². The Bertz CT molecular complexity index is 1880. The lowest BCUT2D eigenvalue weighted by atomic mass is 9.97.